The third-order valence-electron chi connectivity index (χ3n) is 5.07. The van der Waals surface area contributed by atoms with Gasteiger partial charge in [0.05, 0.1) is 4.47 Å². The molecular weight excluding hydrogens is 520 g/mol. The number of anilines is 4. The Hall–Kier alpha value is -3.25. The SMILES string of the molecule is O=C(NCCCNc1nc(Nc2cccc(NC(=O)N3CCCC3)c2)ncc1Br)c1nccs1. The summed E-state index contributed by atoms with van der Waals surface area (Å²) < 4.78 is 0.733. The van der Waals surface area contributed by atoms with Gasteiger partial charge >= 0.3 is 6.03 Å². The Morgan fingerprint density at radius 1 is 1.12 bits per heavy atom. The molecule has 1 aromatic carbocycles. The third kappa shape index (κ3) is 6.64. The maximum atomic E-state index is 12.3. The van der Waals surface area contributed by atoms with Crippen LogP contribution in [-0.4, -0.2) is 58.0 Å². The van der Waals surface area contributed by atoms with E-state index in [1.807, 2.05) is 29.2 Å². The molecule has 1 fully saturated rings. The van der Waals surface area contributed by atoms with Crippen molar-refractivity contribution in [1.29, 1.82) is 0 Å². The molecule has 0 saturated carbocycles. The topological polar surface area (TPSA) is 124 Å². The van der Waals surface area contributed by atoms with Crippen molar-refractivity contribution in [2.75, 3.05) is 42.1 Å². The van der Waals surface area contributed by atoms with Gasteiger partial charge in [-0.3, -0.25) is 4.79 Å². The monoisotopic (exact) mass is 544 g/mol. The fourth-order valence-corrected chi connectivity index (χ4v) is 4.27. The summed E-state index contributed by atoms with van der Waals surface area (Å²) in [6, 6.07) is 7.36. The highest BCUT2D eigenvalue weighted by Crippen LogP contribution is 2.23. The predicted molar refractivity (Wildman–Crippen MR) is 137 cm³/mol. The van der Waals surface area contributed by atoms with Crippen molar-refractivity contribution in [3.05, 3.63) is 51.5 Å². The lowest BCUT2D eigenvalue weighted by Gasteiger charge is -2.16. The van der Waals surface area contributed by atoms with Crippen LogP contribution in [0.15, 0.2) is 46.5 Å². The largest absolute Gasteiger partial charge is 0.369 e. The molecule has 0 aliphatic carbocycles. The van der Waals surface area contributed by atoms with Crippen LogP contribution in [0.3, 0.4) is 0 Å². The second-order valence-corrected chi connectivity index (χ2v) is 9.34. The highest BCUT2D eigenvalue weighted by Gasteiger charge is 2.17. The molecule has 0 atom stereocenters. The zero-order valence-electron chi connectivity index (χ0n) is 18.4. The Kier molecular flexibility index (Phi) is 8.26. The smallest absolute Gasteiger partial charge is 0.321 e. The van der Waals surface area contributed by atoms with Crippen LogP contribution >= 0.6 is 27.3 Å². The van der Waals surface area contributed by atoms with Gasteiger partial charge in [-0.05, 0) is 53.4 Å². The van der Waals surface area contributed by atoms with Crippen LogP contribution in [0.5, 0.6) is 0 Å². The lowest BCUT2D eigenvalue weighted by molar-refractivity contribution is 0.0953. The van der Waals surface area contributed by atoms with E-state index in [1.54, 1.807) is 17.8 Å². The molecule has 1 aliphatic rings. The van der Waals surface area contributed by atoms with Gasteiger partial charge in [0, 0.05) is 55.3 Å². The van der Waals surface area contributed by atoms with Gasteiger partial charge in [0.1, 0.15) is 5.82 Å². The molecule has 4 rings (SSSR count). The first-order valence-corrected chi connectivity index (χ1v) is 12.6. The van der Waals surface area contributed by atoms with Gasteiger partial charge in [-0.1, -0.05) is 6.07 Å². The van der Waals surface area contributed by atoms with Crippen LogP contribution in [0.2, 0.25) is 0 Å². The van der Waals surface area contributed by atoms with E-state index < -0.39 is 0 Å². The highest BCUT2D eigenvalue weighted by atomic mass is 79.9. The maximum absolute atomic E-state index is 12.3. The zero-order valence-corrected chi connectivity index (χ0v) is 20.8. The quantitative estimate of drug-likeness (QED) is 0.296. The number of halogens is 1. The summed E-state index contributed by atoms with van der Waals surface area (Å²) in [5.41, 5.74) is 1.47. The lowest BCUT2D eigenvalue weighted by Crippen LogP contribution is -2.32. The minimum atomic E-state index is -0.163. The number of likely N-dealkylation sites (tertiary alicyclic amines) is 1. The normalized spacial score (nSPS) is 12.9. The Morgan fingerprint density at radius 3 is 2.74 bits per heavy atom. The number of carbonyl (C=O) groups is 2. The molecule has 0 radical (unpaired) electrons. The summed E-state index contributed by atoms with van der Waals surface area (Å²) >= 11 is 4.77. The van der Waals surface area contributed by atoms with Crippen molar-refractivity contribution in [3.63, 3.8) is 0 Å². The van der Waals surface area contributed by atoms with E-state index >= 15 is 0 Å². The number of urea groups is 1. The molecule has 12 heteroatoms. The molecule has 3 aromatic rings. The summed E-state index contributed by atoms with van der Waals surface area (Å²) in [6.45, 7) is 2.73. The minimum Gasteiger partial charge on any atom is -0.369 e. The summed E-state index contributed by atoms with van der Waals surface area (Å²) in [5.74, 6) is 0.900. The van der Waals surface area contributed by atoms with Gasteiger partial charge in [0.15, 0.2) is 5.01 Å². The number of rotatable bonds is 9. The predicted octanol–water partition coefficient (Wildman–Crippen LogP) is 4.30. The van der Waals surface area contributed by atoms with Crippen molar-refractivity contribution in [2.45, 2.75) is 19.3 Å². The molecule has 2 aromatic heterocycles. The van der Waals surface area contributed by atoms with Crippen molar-refractivity contribution in [1.82, 2.24) is 25.2 Å². The first-order valence-electron chi connectivity index (χ1n) is 11.0. The summed E-state index contributed by atoms with van der Waals surface area (Å²) in [6.07, 6.45) is 6.09. The third-order valence-corrected chi connectivity index (χ3v) is 6.42. The number of aromatic nitrogens is 3. The Morgan fingerprint density at radius 2 is 1.94 bits per heavy atom. The number of benzene rings is 1. The van der Waals surface area contributed by atoms with Crippen LogP contribution in [0.4, 0.5) is 27.9 Å². The van der Waals surface area contributed by atoms with Gasteiger partial charge in [-0.15, -0.1) is 11.3 Å². The molecule has 1 aliphatic heterocycles. The molecule has 0 bridgehead atoms. The standard InChI is InChI=1S/C22H25BrN8O2S/c23-17-14-27-21(30-18(17)24-7-4-8-25-19(32)20-26-9-12-34-20)28-15-5-3-6-16(13-15)29-22(33)31-10-1-2-11-31/h3,5-6,9,12-14H,1-2,4,7-8,10-11H2,(H,25,32)(H,29,33)(H2,24,27,28,30). The second kappa shape index (κ2) is 11.7. The van der Waals surface area contributed by atoms with Gasteiger partial charge < -0.3 is 26.2 Å². The highest BCUT2D eigenvalue weighted by molar-refractivity contribution is 9.10. The number of hydrogen-bond acceptors (Lipinski definition) is 8. The first-order chi connectivity index (χ1) is 16.6. The van der Waals surface area contributed by atoms with Crippen LogP contribution in [0.1, 0.15) is 29.1 Å². The van der Waals surface area contributed by atoms with Gasteiger partial charge in [-0.2, -0.15) is 4.98 Å². The molecule has 1 saturated heterocycles. The Bertz CT molecular complexity index is 1120. The molecule has 4 N–H and O–H groups in total. The van der Waals surface area contributed by atoms with Gasteiger partial charge in [-0.25, -0.2) is 14.8 Å². The van der Waals surface area contributed by atoms with E-state index in [4.69, 9.17) is 0 Å². The van der Waals surface area contributed by atoms with Gasteiger partial charge in [0.2, 0.25) is 5.95 Å². The van der Waals surface area contributed by atoms with E-state index in [9.17, 15) is 9.59 Å². The molecule has 3 amide bonds. The number of carbonyl (C=O) groups excluding carboxylic acids is 2. The molecular formula is C22H25BrN8O2S. The number of hydrogen-bond donors (Lipinski definition) is 4. The zero-order chi connectivity index (χ0) is 23.8. The molecule has 3 heterocycles. The molecule has 0 unspecified atom stereocenters. The number of thiazole rings is 1. The average molecular weight is 545 g/mol. The Labute approximate surface area is 209 Å². The van der Waals surface area contributed by atoms with E-state index in [-0.39, 0.29) is 11.9 Å². The lowest BCUT2D eigenvalue weighted by atomic mass is 10.3. The summed E-state index contributed by atoms with van der Waals surface area (Å²) in [5, 5.41) is 14.4. The van der Waals surface area contributed by atoms with E-state index in [0.717, 1.165) is 42.5 Å². The van der Waals surface area contributed by atoms with Crippen molar-refractivity contribution in [2.24, 2.45) is 0 Å². The number of amides is 3. The molecule has 34 heavy (non-hydrogen) atoms. The molecule has 0 spiro atoms. The van der Waals surface area contributed by atoms with Crippen molar-refractivity contribution < 1.29 is 9.59 Å². The fraction of sp³-hybridized carbons (Fsp3) is 0.318. The minimum absolute atomic E-state index is 0.0798. The van der Waals surface area contributed by atoms with E-state index in [0.29, 0.717) is 35.6 Å². The van der Waals surface area contributed by atoms with Crippen LogP contribution in [0, 0.1) is 0 Å². The van der Waals surface area contributed by atoms with Crippen LogP contribution < -0.4 is 21.3 Å². The Balaban J connectivity index is 1.28. The number of nitrogens with zero attached hydrogens (tertiary/aromatic N) is 4. The van der Waals surface area contributed by atoms with Crippen molar-refractivity contribution >= 4 is 62.3 Å². The fourth-order valence-electron chi connectivity index (χ4n) is 3.39. The van der Waals surface area contributed by atoms with Crippen molar-refractivity contribution in [3.8, 4) is 0 Å². The first kappa shape index (κ1) is 23.9. The molecule has 10 nitrogen and oxygen atoms in total. The van der Waals surface area contributed by atoms with E-state index in [2.05, 4.69) is 52.1 Å². The number of nitrogens with one attached hydrogen (secondary N) is 4. The van der Waals surface area contributed by atoms with Gasteiger partial charge in [0.25, 0.3) is 5.91 Å². The summed E-state index contributed by atoms with van der Waals surface area (Å²) in [4.78, 5) is 38.9. The van der Waals surface area contributed by atoms with E-state index in [1.165, 1.54) is 11.3 Å². The average Bonchev–Trinajstić information content (AvgIpc) is 3.56. The second-order valence-electron chi connectivity index (χ2n) is 7.59. The maximum Gasteiger partial charge on any atom is 0.321 e. The van der Waals surface area contributed by atoms with Crippen LogP contribution in [0.25, 0.3) is 0 Å². The molecule has 178 valence electrons. The van der Waals surface area contributed by atoms with Crippen LogP contribution in [-0.2, 0) is 0 Å². The summed E-state index contributed by atoms with van der Waals surface area (Å²) in [7, 11) is 0.